The molecule has 0 heterocycles. The molecule has 3 rings (SSSR count). The van der Waals surface area contributed by atoms with Crippen LogP contribution < -0.4 is 0 Å². The normalized spacial score (nSPS) is 19.0. The first-order chi connectivity index (χ1) is 12.0. The predicted octanol–water partition coefficient (Wildman–Crippen LogP) is 6.78. The van der Waals surface area contributed by atoms with Crippen LogP contribution in [-0.2, 0) is 5.41 Å². The predicted molar refractivity (Wildman–Crippen MR) is 104 cm³/mol. The summed E-state index contributed by atoms with van der Waals surface area (Å²) in [5, 5.41) is 0. The topological polar surface area (TPSA) is 0 Å². The van der Waals surface area contributed by atoms with E-state index < -0.39 is 8.07 Å². The van der Waals surface area contributed by atoms with E-state index in [1.165, 1.54) is 35.3 Å². The molecular formula is C22H28F2Si. The van der Waals surface area contributed by atoms with E-state index in [1.807, 2.05) is 24.3 Å². The van der Waals surface area contributed by atoms with E-state index in [0.717, 1.165) is 6.42 Å². The highest BCUT2D eigenvalue weighted by Crippen LogP contribution is 2.62. The average molecular weight is 359 g/mol. The molecule has 2 aromatic rings. The van der Waals surface area contributed by atoms with Crippen LogP contribution in [0.4, 0.5) is 8.78 Å². The fourth-order valence-electron chi connectivity index (χ4n) is 4.65. The van der Waals surface area contributed by atoms with Crippen molar-refractivity contribution in [1.82, 2.24) is 0 Å². The molecular weight excluding hydrogens is 330 g/mol. The first-order valence-electron chi connectivity index (χ1n) is 9.51. The Bertz CT molecular complexity index is 648. The van der Waals surface area contributed by atoms with Crippen molar-refractivity contribution < 1.29 is 8.78 Å². The minimum absolute atomic E-state index is 0.0564. The summed E-state index contributed by atoms with van der Waals surface area (Å²) in [6.45, 7) is 7.04. The van der Waals surface area contributed by atoms with E-state index in [-0.39, 0.29) is 17.0 Å². The Labute approximate surface area is 151 Å². The van der Waals surface area contributed by atoms with Crippen LogP contribution in [0.3, 0.4) is 0 Å². The van der Waals surface area contributed by atoms with Crippen LogP contribution in [0.15, 0.2) is 48.5 Å². The van der Waals surface area contributed by atoms with Crippen molar-refractivity contribution in [3.63, 3.8) is 0 Å². The number of benzene rings is 2. The maximum absolute atomic E-state index is 13.4. The van der Waals surface area contributed by atoms with Crippen molar-refractivity contribution in [2.75, 3.05) is 0 Å². The van der Waals surface area contributed by atoms with E-state index in [9.17, 15) is 8.78 Å². The lowest BCUT2D eigenvalue weighted by atomic mass is 9.86. The number of rotatable bonds is 7. The standard InChI is InChI=1S/C22H28F2Si/c1-4-25(5-2,6-3)16-19-15-22(19,17-7-11-20(23)12-8-17)18-9-13-21(24)14-10-18/h7-14,19H,4-6,15-16H2,1-3H3. The highest BCUT2D eigenvalue weighted by Gasteiger charge is 2.57. The van der Waals surface area contributed by atoms with Gasteiger partial charge in [0.15, 0.2) is 0 Å². The molecule has 1 aliphatic rings. The molecule has 0 radical (unpaired) electrons. The summed E-state index contributed by atoms with van der Waals surface area (Å²) < 4.78 is 26.9. The number of hydrogen-bond acceptors (Lipinski definition) is 0. The van der Waals surface area contributed by atoms with Crippen molar-refractivity contribution in [3.05, 3.63) is 71.3 Å². The van der Waals surface area contributed by atoms with Gasteiger partial charge in [-0.1, -0.05) is 69.2 Å². The third-order valence-corrected chi connectivity index (χ3v) is 12.6. The minimum atomic E-state index is -1.24. The van der Waals surface area contributed by atoms with Gasteiger partial charge in [-0.15, -0.1) is 0 Å². The SMILES string of the molecule is CC[Si](CC)(CC)CC1CC1(c1ccc(F)cc1)c1ccc(F)cc1. The van der Waals surface area contributed by atoms with Gasteiger partial charge in [0.2, 0.25) is 0 Å². The van der Waals surface area contributed by atoms with Crippen LogP contribution in [0.5, 0.6) is 0 Å². The van der Waals surface area contributed by atoms with E-state index in [0.29, 0.717) is 5.92 Å². The van der Waals surface area contributed by atoms with Gasteiger partial charge < -0.3 is 0 Å². The molecule has 0 saturated heterocycles. The molecule has 0 aromatic heterocycles. The molecule has 0 aliphatic heterocycles. The molecule has 0 nitrogen and oxygen atoms in total. The van der Waals surface area contributed by atoms with E-state index >= 15 is 0 Å². The fraction of sp³-hybridized carbons (Fsp3) is 0.455. The molecule has 0 N–H and O–H groups in total. The van der Waals surface area contributed by atoms with Crippen molar-refractivity contribution in [2.45, 2.75) is 56.8 Å². The molecule has 1 unspecified atom stereocenters. The molecule has 1 atom stereocenters. The second-order valence-electron chi connectivity index (χ2n) is 7.65. The minimum Gasteiger partial charge on any atom is -0.207 e. The summed E-state index contributed by atoms with van der Waals surface area (Å²) in [5.41, 5.74) is 2.30. The van der Waals surface area contributed by atoms with Gasteiger partial charge in [-0.2, -0.15) is 0 Å². The van der Waals surface area contributed by atoms with Gasteiger partial charge in [0.25, 0.3) is 0 Å². The summed E-state index contributed by atoms with van der Waals surface area (Å²) in [6, 6.07) is 19.2. The molecule has 0 spiro atoms. The van der Waals surface area contributed by atoms with Crippen molar-refractivity contribution in [3.8, 4) is 0 Å². The molecule has 1 fully saturated rings. The van der Waals surface area contributed by atoms with E-state index in [2.05, 4.69) is 20.8 Å². The lowest BCUT2D eigenvalue weighted by Gasteiger charge is -2.30. The van der Waals surface area contributed by atoms with Crippen LogP contribution in [0, 0.1) is 17.6 Å². The van der Waals surface area contributed by atoms with Crippen LogP contribution in [0.25, 0.3) is 0 Å². The highest BCUT2D eigenvalue weighted by molar-refractivity contribution is 6.79. The molecule has 3 heteroatoms. The van der Waals surface area contributed by atoms with Crippen molar-refractivity contribution in [2.24, 2.45) is 5.92 Å². The van der Waals surface area contributed by atoms with Gasteiger partial charge in [0.1, 0.15) is 11.6 Å². The third-order valence-electron chi connectivity index (χ3n) is 6.75. The Morgan fingerprint density at radius 1 is 0.800 bits per heavy atom. The Hall–Kier alpha value is -1.48. The average Bonchev–Trinajstić information content (AvgIpc) is 3.35. The molecule has 0 amide bonds. The molecule has 1 aliphatic carbocycles. The quantitative estimate of drug-likeness (QED) is 0.479. The van der Waals surface area contributed by atoms with Crippen LogP contribution >= 0.6 is 0 Å². The summed E-state index contributed by atoms with van der Waals surface area (Å²) in [5.74, 6) is 0.194. The monoisotopic (exact) mass is 358 g/mol. The summed E-state index contributed by atoms with van der Waals surface area (Å²) in [6.07, 6.45) is 1.10. The first-order valence-corrected chi connectivity index (χ1v) is 12.3. The zero-order chi connectivity index (χ0) is 18.1. The largest absolute Gasteiger partial charge is 0.207 e. The summed E-state index contributed by atoms with van der Waals surface area (Å²) in [7, 11) is -1.24. The van der Waals surface area contributed by atoms with Crippen LogP contribution in [0.2, 0.25) is 24.2 Å². The maximum Gasteiger partial charge on any atom is 0.123 e. The lowest BCUT2D eigenvalue weighted by molar-refractivity contribution is 0.622. The second-order valence-corrected chi connectivity index (χ2v) is 13.2. The fourth-order valence-corrected chi connectivity index (χ4v) is 8.55. The molecule has 0 bridgehead atoms. The Kier molecular flexibility index (Phi) is 5.15. The molecule has 25 heavy (non-hydrogen) atoms. The van der Waals surface area contributed by atoms with E-state index in [4.69, 9.17) is 0 Å². The first kappa shape index (κ1) is 18.3. The second kappa shape index (κ2) is 7.03. The molecule has 1 saturated carbocycles. The zero-order valence-corrected chi connectivity index (χ0v) is 16.5. The summed E-state index contributed by atoms with van der Waals surface area (Å²) in [4.78, 5) is 0. The van der Waals surface area contributed by atoms with Crippen molar-refractivity contribution in [1.29, 1.82) is 0 Å². The van der Waals surface area contributed by atoms with Gasteiger partial charge in [0, 0.05) is 5.41 Å². The van der Waals surface area contributed by atoms with Gasteiger partial charge in [-0.05, 0) is 47.7 Å². The van der Waals surface area contributed by atoms with Gasteiger partial charge >= 0.3 is 0 Å². The smallest absolute Gasteiger partial charge is 0.123 e. The molecule has 134 valence electrons. The Morgan fingerprint density at radius 2 is 1.20 bits per heavy atom. The van der Waals surface area contributed by atoms with Crippen molar-refractivity contribution >= 4 is 8.07 Å². The third kappa shape index (κ3) is 3.31. The number of hydrogen-bond donors (Lipinski definition) is 0. The number of halogens is 2. The zero-order valence-electron chi connectivity index (χ0n) is 15.5. The molecule has 2 aromatic carbocycles. The van der Waals surface area contributed by atoms with Crippen LogP contribution in [0.1, 0.15) is 38.3 Å². The highest BCUT2D eigenvalue weighted by atomic mass is 28.3. The van der Waals surface area contributed by atoms with E-state index in [1.54, 1.807) is 24.3 Å². The van der Waals surface area contributed by atoms with Crippen LogP contribution in [-0.4, -0.2) is 8.07 Å². The summed E-state index contributed by atoms with van der Waals surface area (Å²) >= 11 is 0. The van der Waals surface area contributed by atoms with Gasteiger partial charge in [-0.3, -0.25) is 0 Å². The Morgan fingerprint density at radius 3 is 1.56 bits per heavy atom. The maximum atomic E-state index is 13.4. The Balaban J connectivity index is 1.98. The lowest BCUT2D eigenvalue weighted by Crippen LogP contribution is -2.33. The van der Waals surface area contributed by atoms with Gasteiger partial charge in [0.05, 0.1) is 8.07 Å². The van der Waals surface area contributed by atoms with Gasteiger partial charge in [-0.25, -0.2) is 8.78 Å².